The summed E-state index contributed by atoms with van der Waals surface area (Å²) in [5.74, 6) is -0.585. The zero-order chi connectivity index (χ0) is 30.4. The third-order valence-corrected chi connectivity index (χ3v) is 5.67. The summed E-state index contributed by atoms with van der Waals surface area (Å²) < 4.78 is 31.7. The van der Waals surface area contributed by atoms with Crippen LogP contribution in [0.3, 0.4) is 0 Å². The first-order valence-corrected chi connectivity index (χ1v) is 13.3. The Bertz CT molecular complexity index is 1400. The number of aromatic nitrogens is 3. The van der Waals surface area contributed by atoms with Gasteiger partial charge in [-0.2, -0.15) is 0 Å². The molecule has 41 heavy (non-hydrogen) atoms. The van der Waals surface area contributed by atoms with E-state index in [0.717, 1.165) is 0 Å². The highest BCUT2D eigenvalue weighted by Crippen LogP contribution is 2.31. The lowest BCUT2D eigenvalue weighted by atomic mass is 9.95. The third-order valence-electron chi connectivity index (χ3n) is 5.67. The van der Waals surface area contributed by atoms with Gasteiger partial charge in [-0.05, 0) is 73.4 Å². The quantitative estimate of drug-likeness (QED) is 0.220. The zero-order valence-electron chi connectivity index (χ0n) is 24.5. The molecule has 1 amide bonds. The summed E-state index contributed by atoms with van der Waals surface area (Å²) in [6, 6.07) is 7.55. The molecule has 3 rings (SSSR count). The number of nitrogens with zero attached hydrogens (tertiary/aromatic N) is 3. The van der Waals surface area contributed by atoms with Crippen LogP contribution in [0.5, 0.6) is 0 Å². The van der Waals surface area contributed by atoms with Crippen molar-refractivity contribution in [1.29, 1.82) is 0 Å². The molecular weight excluding hydrogens is 531 g/mol. The number of benzene rings is 1. The standard InChI is InChI=1S/C30H37FN4O6/c1-28(2,3)40-26(37)33-30(7,17-12-8-9-15-24(36)22-16-18-39-34-22)25-32-23(20-13-10-11-14-21(20)31)19-35(25)27(38)41-29(4,5)6/h8,10-14,16,18-19H,9,15,17H2,1-7H3,(H,33,37)/b12-8+/t30-/m0/s1. The van der Waals surface area contributed by atoms with Crippen LogP contribution >= 0.6 is 0 Å². The van der Waals surface area contributed by atoms with Gasteiger partial charge in [0, 0.05) is 24.2 Å². The molecule has 1 N–H and O–H groups in total. The number of hydrogen-bond donors (Lipinski definition) is 1. The van der Waals surface area contributed by atoms with Gasteiger partial charge in [-0.3, -0.25) is 4.79 Å². The van der Waals surface area contributed by atoms with Crippen LogP contribution in [0, 0.1) is 5.82 Å². The van der Waals surface area contributed by atoms with E-state index in [1.165, 1.54) is 29.2 Å². The Morgan fingerprint density at radius 3 is 2.29 bits per heavy atom. The number of allylic oxidation sites excluding steroid dienone is 1. The van der Waals surface area contributed by atoms with E-state index in [-0.39, 0.29) is 41.4 Å². The van der Waals surface area contributed by atoms with Crippen molar-refractivity contribution in [1.82, 2.24) is 20.0 Å². The van der Waals surface area contributed by atoms with E-state index in [9.17, 15) is 18.8 Å². The first kappa shape index (κ1) is 31.3. The molecule has 0 radical (unpaired) electrons. The zero-order valence-corrected chi connectivity index (χ0v) is 24.5. The first-order valence-electron chi connectivity index (χ1n) is 13.3. The monoisotopic (exact) mass is 568 g/mol. The van der Waals surface area contributed by atoms with Crippen LogP contribution in [0.25, 0.3) is 11.3 Å². The highest BCUT2D eigenvalue weighted by molar-refractivity contribution is 5.94. The summed E-state index contributed by atoms with van der Waals surface area (Å²) in [6.07, 6.45) is 5.54. The van der Waals surface area contributed by atoms with Crippen LogP contribution in [0.15, 0.2) is 59.5 Å². The number of carbonyl (C=O) groups excluding carboxylic acids is 3. The molecule has 3 aromatic rings. The second-order valence-corrected chi connectivity index (χ2v) is 11.8. The molecule has 2 aromatic heterocycles. The number of carbonyl (C=O) groups is 3. The molecule has 0 bridgehead atoms. The number of imidazole rings is 1. The molecule has 0 spiro atoms. The van der Waals surface area contributed by atoms with Gasteiger partial charge in [0.1, 0.15) is 40.3 Å². The van der Waals surface area contributed by atoms with E-state index in [1.807, 2.05) is 0 Å². The van der Waals surface area contributed by atoms with Crippen molar-refractivity contribution in [3.8, 4) is 11.3 Å². The van der Waals surface area contributed by atoms with Crippen molar-refractivity contribution in [2.75, 3.05) is 0 Å². The van der Waals surface area contributed by atoms with E-state index < -0.39 is 34.7 Å². The van der Waals surface area contributed by atoms with Crippen LogP contribution in [0.4, 0.5) is 14.0 Å². The molecule has 0 aliphatic carbocycles. The van der Waals surface area contributed by atoms with Crippen molar-refractivity contribution in [2.24, 2.45) is 0 Å². The third kappa shape index (κ3) is 8.86. The summed E-state index contributed by atoms with van der Waals surface area (Å²) in [4.78, 5) is 43.2. The largest absolute Gasteiger partial charge is 0.444 e. The Balaban J connectivity index is 2.00. The minimum absolute atomic E-state index is 0.110. The minimum Gasteiger partial charge on any atom is -0.444 e. The van der Waals surface area contributed by atoms with Crippen LogP contribution in [-0.4, -0.2) is 43.9 Å². The van der Waals surface area contributed by atoms with Crippen molar-refractivity contribution in [3.05, 3.63) is 72.3 Å². The van der Waals surface area contributed by atoms with E-state index in [0.29, 0.717) is 6.42 Å². The van der Waals surface area contributed by atoms with Crippen molar-refractivity contribution < 1.29 is 32.8 Å². The number of halogens is 1. The Morgan fingerprint density at radius 1 is 1.00 bits per heavy atom. The average Bonchev–Trinajstić information content (AvgIpc) is 3.53. The highest BCUT2D eigenvalue weighted by atomic mass is 19.1. The molecule has 1 atom stereocenters. The van der Waals surface area contributed by atoms with E-state index in [1.54, 1.807) is 78.8 Å². The van der Waals surface area contributed by atoms with Crippen molar-refractivity contribution in [3.63, 3.8) is 0 Å². The minimum atomic E-state index is -1.31. The number of nitrogens with one attached hydrogen (secondary N) is 1. The van der Waals surface area contributed by atoms with E-state index in [2.05, 4.69) is 15.5 Å². The molecule has 0 unspecified atom stereocenters. The molecule has 0 aliphatic rings. The summed E-state index contributed by atoms with van der Waals surface area (Å²) in [7, 11) is 0. The Morgan fingerprint density at radius 2 is 1.68 bits per heavy atom. The number of Topliss-reactive ketones (excluding diaryl/α,β-unsaturated/α-hetero) is 1. The number of ether oxygens (including phenoxy) is 2. The fourth-order valence-electron chi connectivity index (χ4n) is 3.88. The van der Waals surface area contributed by atoms with Gasteiger partial charge in [-0.1, -0.05) is 29.4 Å². The molecule has 0 aliphatic heterocycles. The smallest absolute Gasteiger partial charge is 0.420 e. The number of rotatable bonds is 9. The first-order chi connectivity index (χ1) is 19.1. The number of hydrogen-bond acceptors (Lipinski definition) is 8. The van der Waals surface area contributed by atoms with Gasteiger partial charge in [-0.25, -0.2) is 23.5 Å². The topological polar surface area (TPSA) is 126 Å². The predicted octanol–water partition coefficient (Wildman–Crippen LogP) is 6.81. The fourth-order valence-corrected chi connectivity index (χ4v) is 3.88. The van der Waals surface area contributed by atoms with Gasteiger partial charge in [0.2, 0.25) is 0 Å². The summed E-state index contributed by atoms with van der Waals surface area (Å²) in [6.45, 7) is 12.0. The van der Waals surface area contributed by atoms with Crippen LogP contribution in [0.2, 0.25) is 0 Å². The van der Waals surface area contributed by atoms with E-state index in [4.69, 9.17) is 14.0 Å². The van der Waals surface area contributed by atoms with Gasteiger partial charge >= 0.3 is 12.2 Å². The molecule has 2 heterocycles. The molecule has 0 fully saturated rings. The highest BCUT2D eigenvalue weighted by Gasteiger charge is 2.37. The molecule has 10 nitrogen and oxygen atoms in total. The summed E-state index contributed by atoms with van der Waals surface area (Å²) in [5, 5.41) is 6.49. The maximum atomic E-state index is 14.7. The normalized spacial score (nSPS) is 13.6. The second kappa shape index (κ2) is 12.5. The SMILES string of the molecule is CC(C)(C)OC(=O)N[C@@](C)(C/C=C/CCC(=O)c1ccon1)c1nc(-c2ccccc2F)cn1C(=O)OC(C)(C)C. The molecule has 0 saturated carbocycles. The van der Waals surface area contributed by atoms with Gasteiger partial charge in [0.25, 0.3) is 0 Å². The lowest BCUT2D eigenvalue weighted by molar-refractivity contribution is 0.0427. The fraction of sp³-hybridized carbons (Fsp3) is 0.433. The summed E-state index contributed by atoms with van der Waals surface area (Å²) >= 11 is 0. The van der Waals surface area contributed by atoms with Crippen LogP contribution in [0.1, 0.15) is 84.0 Å². The molecule has 1 aromatic carbocycles. The molecule has 220 valence electrons. The van der Waals surface area contributed by atoms with Gasteiger partial charge in [-0.15, -0.1) is 0 Å². The van der Waals surface area contributed by atoms with E-state index >= 15 is 0 Å². The van der Waals surface area contributed by atoms with Crippen LogP contribution < -0.4 is 5.32 Å². The predicted molar refractivity (Wildman–Crippen MR) is 150 cm³/mol. The Kier molecular flexibility index (Phi) is 9.52. The van der Waals surface area contributed by atoms with Gasteiger partial charge < -0.3 is 19.3 Å². The lowest BCUT2D eigenvalue weighted by Gasteiger charge is -2.31. The van der Waals surface area contributed by atoms with Crippen molar-refractivity contribution in [2.45, 2.75) is 84.5 Å². The molecule has 11 heteroatoms. The molecular formula is C30H37FN4O6. The van der Waals surface area contributed by atoms with Crippen LogP contribution in [-0.2, 0) is 15.0 Å². The average molecular weight is 569 g/mol. The Labute approximate surface area is 238 Å². The number of ketones is 1. The van der Waals surface area contributed by atoms with Crippen molar-refractivity contribution >= 4 is 18.0 Å². The maximum absolute atomic E-state index is 14.7. The summed E-state index contributed by atoms with van der Waals surface area (Å²) in [5.41, 5.74) is -2.32. The molecule has 0 saturated heterocycles. The van der Waals surface area contributed by atoms with Gasteiger partial charge in [0.05, 0.1) is 5.69 Å². The second-order valence-electron chi connectivity index (χ2n) is 11.8. The van der Waals surface area contributed by atoms with Gasteiger partial charge in [0.15, 0.2) is 5.78 Å². The Hall–Kier alpha value is -4.28. The maximum Gasteiger partial charge on any atom is 0.420 e. The number of amides is 1. The lowest BCUT2D eigenvalue weighted by Crippen LogP contribution is -2.47. The number of alkyl carbamates (subject to hydrolysis) is 1.